The van der Waals surface area contributed by atoms with Crippen LogP contribution in [0.25, 0.3) is 105 Å². The van der Waals surface area contributed by atoms with Gasteiger partial charge in [-0.25, -0.2) is 0 Å². The van der Waals surface area contributed by atoms with Gasteiger partial charge in [-0.1, -0.05) is 188 Å². The Kier molecular flexibility index (Phi) is 9.84. The molecule has 3 heteroatoms. The van der Waals surface area contributed by atoms with Crippen LogP contribution >= 0.6 is 0 Å². The average Bonchev–Trinajstić information content (AvgIpc) is 3.98. The normalized spacial score (nSPS) is 11.5. The number of hydrogen-bond acceptors (Lipinski definition) is 2. The SMILES string of the molecule is c1ccc(-c2cccc(-c3ccccc3N(c3ccc(-c4cccc(-c5ccc(-n6c7ccccc7c7ccccc76)cc5)c4)cc3)c3cccc(-c4cccc5oc6ccccc6c45)c3)c2)cc1. The molecule has 0 amide bonds. The molecule has 0 unspecified atom stereocenters. The zero-order chi connectivity index (χ0) is 45.7. The summed E-state index contributed by atoms with van der Waals surface area (Å²) in [5, 5.41) is 4.77. The number of furan rings is 1. The van der Waals surface area contributed by atoms with Gasteiger partial charge in [0.05, 0.1) is 16.7 Å². The van der Waals surface area contributed by atoms with Crippen molar-refractivity contribution in [2.24, 2.45) is 0 Å². The largest absolute Gasteiger partial charge is 0.456 e. The first-order valence-corrected chi connectivity index (χ1v) is 23.6. The van der Waals surface area contributed by atoms with Crippen LogP contribution in [0.15, 0.2) is 271 Å². The zero-order valence-corrected chi connectivity index (χ0v) is 37.7. The second-order valence-corrected chi connectivity index (χ2v) is 17.7. The maximum Gasteiger partial charge on any atom is 0.136 e. The molecule has 0 saturated heterocycles. The highest BCUT2D eigenvalue weighted by atomic mass is 16.3. The molecule has 13 aromatic rings. The van der Waals surface area contributed by atoms with Gasteiger partial charge in [0.2, 0.25) is 0 Å². The molecule has 0 spiro atoms. The highest BCUT2D eigenvalue weighted by molar-refractivity contribution is 6.13. The molecule has 0 fully saturated rings. The molecule has 11 aromatic carbocycles. The summed E-state index contributed by atoms with van der Waals surface area (Å²) >= 11 is 0. The average molecular weight is 881 g/mol. The summed E-state index contributed by atoms with van der Waals surface area (Å²) in [5.41, 5.74) is 20.2. The highest BCUT2D eigenvalue weighted by Gasteiger charge is 2.20. The Morgan fingerprint density at radius 3 is 1.48 bits per heavy atom. The number of fused-ring (bicyclic) bond motifs is 6. The van der Waals surface area contributed by atoms with E-state index < -0.39 is 0 Å². The number of benzene rings is 11. The minimum absolute atomic E-state index is 0.885. The van der Waals surface area contributed by atoms with Crippen LogP contribution in [0.2, 0.25) is 0 Å². The monoisotopic (exact) mass is 880 g/mol. The van der Waals surface area contributed by atoms with Crippen molar-refractivity contribution in [2.45, 2.75) is 0 Å². The van der Waals surface area contributed by atoms with Crippen molar-refractivity contribution in [1.29, 1.82) is 0 Å². The van der Waals surface area contributed by atoms with Gasteiger partial charge >= 0.3 is 0 Å². The standard InChI is InChI=1S/C66H44N2O/c1-2-16-45(17-3-1)50-20-13-21-51(43-50)56-24-4-8-29-61(56)67(55-23-14-22-52(44-55)57-28-15-33-65-66(57)60-27-7-11-32-64(60)69-65)53-38-34-46(35-39-53)48-18-12-19-49(42-48)47-36-40-54(41-37-47)68-62-30-9-5-25-58(62)59-26-6-10-31-63(59)68/h1-44H. The molecule has 324 valence electrons. The van der Waals surface area contributed by atoms with Crippen LogP contribution in [-0.2, 0) is 0 Å². The van der Waals surface area contributed by atoms with Gasteiger partial charge in [-0.05, 0) is 129 Å². The number of nitrogens with zero attached hydrogens (tertiary/aromatic N) is 2. The molecular weight excluding hydrogens is 837 g/mol. The lowest BCUT2D eigenvalue weighted by Crippen LogP contribution is -2.11. The Morgan fingerprint density at radius 1 is 0.290 bits per heavy atom. The second kappa shape index (κ2) is 16.9. The quantitative estimate of drug-likeness (QED) is 0.144. The van der Waals surface area contributed by atoms with Crippen molar-refractivity contribution >= 4 is 60.8 Å². The van der Waals surface area contributed by atoms with Gasteiger partial charge in [0.1, 0.15) is 11.2 Å². The van der Waals surface area contributed by atoms with E-state index in [4.69, 9.17) is 4.42 Å². The highest BCUT2D eigenvalue weighted by Crippen LogP contribution is 2.45. The third-order valence-electron chi connectivity index (χ3n) is 13.6. The first-order valence-electron chi connectivity index (χ1n) is 23.6. The summed E-state index contributed by atoms with van der Waals surface area (Å²) in [6, 6.07) is 96.1. The lowest BCUT2D eigenvalue weighted by atomic mass is 9.96. The molecular formula is C66H44N2O. The van der Waals surface area contributed by atoms with E-state index in [0.717, 1.165) is 78.1 Å². The minimum Gasteiger partial charge on any atom is -0.456 e. The summed E-state index contributed by atoms with van der Waals surface area (Å²) in [7, 11) is 0. The Balaban J connectivity index is 0.889. The molecule has 0 N–H and O–H groups in total. The molecule has 2 aromatic heterocycles. The maximum atomic E-state index is 6.35. The summed E-state index contributed by atoms with van der Waals surface area (Å²) in [4.78, 5) is 2.40. The topological polar surface area (TPSA) is 21.3 Å². The third-order valence-corrected chi connectivity index (χ3v) is 13.6. The summed E-state index contributed by atoms with van der Waals surface area (Å²) < 4.78 is 8.72. The van der Waals surface area contributed by atoms with E-state index in [1.807, 2.05) is 12.1 Å². The Bertz CT molecular complexity index is 3960. The van der Waals surface area contributed by atoms with Crippen molar-refractivity contribution in [3.05, 3.63) is 267 Å². The van der Waals surface area contributed by atoms with Gasteiger partial charge in [0, 0.05) is 44.2 Å². The third kappa shape index (κ3) is 7.16. The fraction of sp³-hybridized carbons (Fsp3) is 0. The summed E-state index contributed by atoms with van der Waals surface area (Å²) in [6.45, 7) is 0. The number of hydrogen-bond donors (Lipinski definition) is 0. The molecule has 0 aliphatic heterocycles. The lowest BCUT2D eigenvalue weighted by molar-refractivity contribution is 0.669. The molecule has 0 atom stereocenters. The lowest BCUT2D eigenvalue weighted by Gasteiger charge is -2.28. The zero-order valence-electron chi connectivity index (χ0n) is 37.7. The first-order chi connectivity index (χ1) is 34.2. The van der Waals surface area contributed by atoms with E-state index in [-0.39, 0.29) is 0 Å². The predicted molar refractivity (Wildman–Crippen MR) is 290 cm³/mol. The molecule has 0 aliphatic rings. The maximum absolute atomic E-state index is 6.35. The van der Waals surface area contributed by atoms with Crippen LogP contribution in [0.4, 0.5) is 17.1 Å². The molecule has 0 radical (unpaired) electrons. The van der Waals surface area contributed by atoms with Crippen LogP contribution in [-0.4, -0.2) is 4.57 Å². The van der Waals surface area contributed by atoms with E-state index in [2.05, 4.69) is 264 Å². The number of rotatable bonds is 9. The van der Waals surface area contributed by atoms with E-state index >= 15 is 0 Å². The first kappa shape index (κ1) is 40.1. The van der Waals surface area contributed by atoms with Crippen LogP contribution in [0, 0.1) is 0 Å². The van der Waals surface area contributed by atoms with E-state index in [0.29, 0.717) is 0 Å². The van der Waals surface area contributed by atoms with Crippen molar-refractivity contribution in [1.82, 2.24) is 4.57 Å². The van der Waals surface area contributed by atoms with Crippen molar-refractivity contribution in [3.63, 3.8) is 0 Å². The van der Waals surface area contributed by atoms with E-state index in [9.17, 15) is 0 Å². The summed E-state index contributed by atoms with van der Waals surface area (Å²) in [6.07, 6.45) is 0. The van der Waals surface area contributed by atoms with Crippen LogP contribution in [0.5, 0.6) is 0 Å². The van der Waals surface area contributed by atoms with Gasteiger partial charge in [-0.2, -0.15) is 0 Å². The molecule has 2 heterocycles. The number of aromatic nitrogens is 1. The Labute approximate surface area is 401 Å². The molecule has 69 heavy (non-hydrogen) atoms. The van der Waals surface area contributed by atoms with Crippen molar-refractivity contribution in [2.75, 3.05) is 4.90 Å². The predicted octanol–water partition coefficient (Wildman–Crippen LogP) is 18.5. The second-order valence-electron chi connectivity index (χ2n) is 17.7. The fourth-order valence-corrected chi connectivity index (χ4v) is 10.3. The van der Waals surface area contributed by atoms with Crippen molar-refractivity contribution in [3.8, 4) is 61.3 Å². The fourth-order valence-electron chi connectivity index (χ4n) is 10.3. The molecule has 13 rings (SSSR count). The van der Waals surface area contributed by atoms with Crippen LogP contribution < -0.4 is 4.90 Å². The van der Waals surface area contributed by atoms with Crippen LogP contribution in [0.3, 0.4) is 0 Å². The minimum atomic E-state index is 0.885. The van der Waals surface area contributed by atoms with Gasteiger partial charge in [0.25, 0.3) is 0 Å². The summed E-state index contributed by atoms with van der Waals surface area (Å²) in [5.74, 6) is 0. The van der Waals surface area contributed by atoms with Crippen LogP contribution in [0.1, 0.15) is 0 Å². The Morgan fingerprint density at radius 2 is 0.768 bits per heavy atom. The van der Waals surface area contributed by atoms with Gasteiger partial charge in [-0.15, -0.1) is 0 Å². The molecule has 3 nitrogen and oxygen atoms in total. The Hall–Kier alpha value is -9.18. The van der Waals surface area contributed by atoms with Gasteiger partial charge in [-0.3, -0.25) is 0 Å². The smallest absolute Gasteiger partial charge is 0.136 e. The van der Waals surface area contributed by atoms with E-state index in [1.165, 1.54) is 44.1 Å². The van der Waals surface area contributed by atoms with Gasteiger partial charge < -0.3 is 13.9 Å². The van der Waals surface area contributed by atoms with Crippen molar-refractivity contribution < 1.29 is 4.42 Å². The van der Waals surface area contributed by atoms with Gasteiger partial charge in [0.15, 0.2) is 0 Å². The number of para-hydroxylation sites is 4. The molecule has 0 aliphatic carbocycles. The molecule has 0 saturated carbocycles. The molecule has 0 bridgehead atoms. The van der Waals surface area contributed by atoms with E-state index in [1.54, 1.807) is 0 Å². The number of anilines is 3.